The lowest BCUT2D eigenvalue weighted by atomic mass is 10.1. The molecule has 9 heteroatoms. The summed E-state index contributed by atoms with van der Waals surface area (Å²) in [6.45, 7) is 2.38. The van der Waals surface area contributed by atoms with Gasteiger partial charge >= 0.3 is 0 Å². The van der Waals surface area contributed by atoms with E-state index in [-0.39, 0.29) is 12.5 Å². The minimum atomic E-state index is -0.0578. The molecule has 0 bridgehead atoms. The Bertz CT molecular complexity index is 1660. The van der Waals surface area contributed by atoms with Crippen LogP contribution in [-0.4, -0.2) is 72.3 Å². The molecule has 5 aromatic rings. The molecule has 1 aliphatic rings. The van der Waals surface area contributed by atoms with Gasteiger partial charge in [-0.25, -0.2) is 9.97 Å². The first-order chi connectivity index (χ1) is 20.2. The molecule has 2 aromatic heterocycles. The second kappa shape index (κ2) is 11.6. The molecule has 9 nitrogen and oxygen atoms in total. The van der Waals surface area contributed by atoms with Crippen LogP contribution >= 0.6 is 0 Å². The largest absolute Gasteiger partial charge is 0.497 e. The maximum atomic E-state index is 13.0. The van der Waals surface area contributed by atoms with Gasteiger partial charge in [-0.1, -0.05) is 48.5 Å². The van der Waals surface area contributed by atoms with Crippen LogP contribution in [0.2, 0.25) is 0 Å². The molecule has 0 radical (unpaired) electrons. The number of aromatic nitrogens is 3. The third kappa shape index (κ3) is 5.26. The number of nitrogens with zero attached hydrogens (tertiary/aromatic N) is 5. The fourth-order valence-corrected chi connectivity index (χ4v) is 5.22. The first kappa shape index (κ1) is 26.2. The number of benzene rings is 3. The minimum absolute atomic E-state index is 0.0420. The molecule has 208 valence electrons. The molecule has 0 spiro atoms. The number of para-hydroxylation sites is 2. The first-order valence-corrected chi connectivity index (χ1v) is 13.5. The van der Waals surface area contributed by atoms with Crippen LogP contribution in [0.15, 0.2) is 91.4 Å². The highest BCUT2D eigenvalue weighted by atomic mass is 16.5. The molecule has 3 heterocycles. The van der Waals surface area contributed by atoms with E-state index in [4.69, 9.17) is 24.2 Å². The number of methoxy groups -OCH3 is 2. The smallest absolute Gasteiger partial charge is 0.260 e. The Labute approximate surface area is 238 Å². The van der Waals surface area contributed by atoms with E-state index in [9.17, 15) is 4.79 Å². The molecule has 1 fully saturated rings. The number of carbonyl (C=O) groups is 1. The van der Waals surface area contributed by atoms with Gasteiger partial charge in [-0.3, -0.25) is 4.79 Å². The zero-order chi connectivity index (χ0) is 28.2. The standard InChI is InChI=1S/C32H31N5O4/c1-39-25-12-8-11-24(19-25)37-20-26(23-9-4-3-5-10-23)30-31(33-22-34-32(30)37)36-17-15-35(16-18-36)29(38)21-41-28-14-7-6-13-27(28)40-2/h3-14,19-20,22H,15-18,21H2,1-2H3. The summed E-state index contributed by atoms with van der Waals surface area (Å²) in [7, 11) is 3.25. The van der Waals surface area contributed by atoms with Gasteiger partial charge in [0.05, 0.1) is 25.3 Å². The topological polar surface area (TPSA) is 82.0 Å². The molecular formula is C32H31N5O4. The third-order valence-electron chi connectivity index (χ3n) is 7.33. The lowest BCUT2D eigenvalue weighted by Gasteiger charge is -2.35. The zero-order valence-corrected chi connectivity index (χ0v) is 23.1. The molecule has 1 aliphatic heterocycles. The highest BCUT2D eigenvalue weighted by Crippen LogP contribution is 2.37. The predicted octanol–water partition coefficient (Wildman–Crippen LogP) is 4.83. The van der Waals surface area contributed by atoms with Gasteiger partial charge in [-0.15, -0.1) is 0 Å². The normalized spacial score (nSPS) is 13.3. The maximum absolute atomic E-state index is 13.0. The molecule has 1 amide bonds. The molecular weight excluding hydrogens is 518 g/mol. The number of amides is 1. The van der Waals surface area contributed by atoms with Crippen LogP contribution in [0.25, 0.3) is 27.8 Å². The molecule has 3 aromatic carbocycles. The summed E-state index contributed by atoms with van der Waals surface area (Å²) in [5.41, 5.74) is 3.89. The van der Waals surface area contributed by atoms with Crippen LogP contribution in [0.4, 0.5) is 5.82 Å². The van der Waals surface area contributed by atoms with Crippen molar-refractivity contribution in [1.82, 2.24) is 19.4 Å². The molecule has 1 saturated heterocycles. The van der Waals surface area contributed by atoms with Crippen molar-refractivity contribution in [2.24, 2.45) is 0 Å². The lowest BCUT2D eigenvalue weighted by Crippen LogP contribution is -2.50. The van der Waals surface area contributed by atoms with Crippen molar-refractivity contribution in [3.8, 4) is 34.1 Å². The average molecular weight is 550 g/mol. The van der Waals surface area contributed by atoms with E-state index in [2.05, 4.69) is 27.8 Å². The van der Waals surface area contributed by atoms with E-state index < -0.39 is 0 Å². The highest BCUT2D eigenvalue weighted by Gasteiger charge is 2.26. The van der Waals surface area contributed by atoms with Gasteiger partial charge < -0.3 is 28.6 Å². The number of anilines is 1. The summed E-state index contributed by atoms with van der Waals surface area (Å²) in [4.78, 5) is 26.5. The number of fused-ring (bicyclic) bond motifs is 1. The second-order valence-corrected chi connectivity index (χ2v) is 9.68. The lowest BCUT2D eigenvalue weighted by molar-refractivity contribution is -0.133. The summed E-state index contributed by atoms with van der Waals surface area (Å²) in [6.07, 6.45) is 3.73. The van der Waals surface area contributed by atoms with Gasteiger partial charge in [0.15, 0.2) is 23.8 Å². The van der Waals surface area contributed by atoms with Crippen LogP contribution in [-0.2, 0) is 4.79 Å². The molecule has 41 heavy (non-hydrogen) atoms. The van der Waals surface area contributed by atoms with Crippen molar-refractivity contribution < 1.29 is 19.0 Å². The Kier molecular flexibility index (Phi) is 7.40. The summed E-state index contributed by atoms with van der Waals surface area (Å²) < 4.78 is 18.7. The minimum Gasteiger partial charge on any atom is -0.497 e. The van der Waals surface area contributed by atoms with Gasteiger partial charge in [-0.2, -0.15) is 0 Å². The van der Waals surface area contributed by atoms with Gasteiger partial charge in [0.2, 0.25) is 0 Å². The molecule has 0 atom stereocenters. The van der Waals surface area contributed by atoms with Gasteiger partial charge in [-0.05, 0) is 29.8 Å². The Balaban J connectivity index is 1.27. The highest BCUT2D eigenvalue weighted by molar-refractivity contribution is 6.02. The average Bonchev–Trinajstić information content (AvgIpc) is 3.44. The van der Waals surface area contributed by atoms with Crippen molar-refractivity contribution in [2.75, 3.05) is 51.9 Å². The van der Waals surface area contributed by atoms with Crippen LogP contribution in [0.1, 0.15) is 0 Å². The van der Waals surface area contributed by atoms with E-state index in [0.29, 0.717) is 37.7 Å². The summed E-state index contributed by atoms with van der Waals surface area (Å²) in [5.74, 6) is 2.73. The summed E-state index contributed by atoms with van der Waals surface area (Å²) in [5, 5.41) is 0.973. The summed E-state index contributed by atoms with van der Waals surface area (Å²) >= 11 is 0. The molecule has 0 N–H and O–H groups in total. The Morgan fingerprint density at radius 3 is 2.34 bits per heavy atom. The van der Waals surface area contributed by atoms with Gasteiger partial charge in [0.25, 0.3) is 5.91 Å². The number of hydrogen-bond donors (Lipinski definition) is 0. The second-order valence-electron chi connectivity index (χ2n) is 9.68. The van der Waals surface area contributed by atoms with E-state index in [1.165, 1.54) is 0 Å². The first-order valence-electron chi connectivity index (χ1n) is 13.5. The van der Waals surface area contributed by atoms with Crippen molar-refractivity contribution in [1.29, 1.82) is 0 Å². The van der Waals surface area contributed by atoms with Crippen molar-refractivity contribution >= 4 is 22.8 Å². The van der Waals surface area contributed by atoms with Crippen LogP contribution < -0.4 is 19.1 Å². The Morgan fingerprint density at radius 2 is 1.59 bits per heavy atom. The van der Waals surface area contributed by atoms with E-state index >= 15 is 0 Å². The van der Waals surface area contributed by atoms with Gasteiger partial charge in [0.1, 0.15) is 17.9 Å². The number of rotatable bonds is 8. The zero-order valence-electron chi connectivity index (χ0n) is 23.1. The molecule has 0 unspecified atom stereocenters. The fourth-order valence-electron chi connectivity index (χ4n) is 5.22. The maximum Gasteiger partial charge on any atom is 0.260 e. The van der Waals surface area contributed by atoms with Crippen LogP contribution in [0.5, 0.6) is 17.2 Å². The molecule has 0 aliphatic carbocycles. The number of hydrogen-bond acceptors (Lipinski definition) is 7. The fraction of sp³-hybridized carbons (Fsp3) is 0.219. The Morgan fingerprint density at radius 1 is 0.829 bits per heavy atom. The number of ether oxygens (including phenoxy) is 3. The third-order valence-corrected chi connectivity index (χ3v) is 7.33. The van der Waals surface area contributed by atoms with Crippen molar-refractivity contribution in [2.45, 2.75) is 0 Å². The van der Waals surface area contributed by atoms with E-state index in [1.54, 1.807) is 26.6 Å². The SMILES string of the molecule is COc1cccc(-n2cc(-c3ccccc3)c3c(N4CCN(C(=O)COc5ccccc5OC)CC4)ncnc32)c1. The van der Waals surface area contributed by atoms with E-state index in [0.717, 1.165) is 39.4 Å². The van der Waals surface area contributed by atoms with Crippen LogP contribution in [0, 0.1) is 0 Å². The molecule has 0 saturated carbocycles. The Hall–Kier alpha value is -5.05. The number of carbonyl (C=O) groups excluding carboxylic acids is 1. The van der Waals surface area contributed by atoms with E-state index in [1.807, 2.05) is 65.6 Å². The van der Waals surface area contributed by atoms with Crippen LogP contribution in [0.3, 0.4) is 0 Å². The van der Waals surface area contributed by atoms with Gasteiger partial charge in [0, 0.05) is 44.0 Å². The predicted molar refractivity (Wildman–Crippen MR) is 158 cm³/mol. The monoisotopic (exact) mass is 549 g/mol. The van der Waals surface area contributed by atoms with Crippen molar-refractivity contribution in [3.05, 3.63) is 91.4 Å². The van der Waals surface area contributed by atoms with Crippen molar-refractivity contribution in [3.63, 3.8) is 0 Å². The molecule has 6 rings (SSSR count). The summed E-state index contributed by atoms with van der Waals surface area (Å²) in [6, 6.07) is 25.5. The number of piperazine rings is 1. The quantitative estimate of drug-likeness (QED) is 0.274.